The number of thiol groups is 1. The average Bonchev–Trinajstić information content (AvgIpc) is 1.77. The van der Waals surface area contributed by atoms with Gasteiger partial charge >= 0.3 is 0 Å². The maximum atomic E-state index is 5.12. The predicted octanol–water partition coefficient (Wildman–Crippen LogP) is 0.733. The normalized spacial score (nSPS) is 29.8. The number of nitrogens with zero attached hydrogens (tertiary/aromatic N) is 1. The molecule has 0 saturated carbocycles. The van der Waals surface area contributed by atoms with E-state index in [1.165, 1.54) is 0 Å². The van der Waals surface area contributed by atoms with Crippen molar-refractivity contribution in [1.29, 1.82) is 0 Å². The molecule has 1 heterocycles. The third-order valence-electron chi connectivity index (χ3n) is 1.00. The second-order valence-electron chi connectivity index (χ2n) is 1.84. The van der Waals surface area contributed by atoms with Crippen LogP contribution in [0.3, 0.4) is 0 Å². The Balaban J connectivity index is 2.42. The fourth-order valence-electron chi connectivity index (χ4n) is 0.549. The standard InChI is InChI=1S/C5H9NOS/c1-4-3-7-5(8)2-6-4/h5,8H,2-3H2,1H3. The second-order valence-corrected chi connectivity index (χ2v) is 2.42. The molecule has 1 atom stereocenters. The van der Waals surface area contributed by atoms with E-state index in [1.807, 2.05) is 6.92 Å². The van der Waals surface area contributed by atoms with Crippen LogP contribution in [0.5, 0.6) is 0 Å². The minimum absolute atomic E-state index is 0.0266. The van der Waals surface area contributed by atoms with Crippen LogP contribution in [0, 0.1) is 0 Å². The number of hydrogen-bond donors (Lipinski definition) is 1. The summed E-state index contributed by atoms with van der Waals surface area (Å²) in [7, 11) is 0. The summed E-state index contributed by atoms with van der Waals surface area (Å²) in [6, 6.07) is 0. The van der Waals surface area contributed by atoms with Gasteiger partial charge in [0.2, 0.25) is 0 Å². The molecule has 0 bridgehead atoms. The first-order chi connectivity index (χ1) is 3.79. The Morgan fingerprint density at radius 1 is 1.88 bits per heavy atom. The lowest BCUT2D eigenvalue weighted by Gasteiger charge is -2.14. The minimum atomic E-state index is 0.0266. The molecule has 8 heavy (non-hydrogen) atoms. The average molecular weight is 131 g/mol. The summed E-state index contributed by atoms with van der Waals surface area (Å²) in [4.78, 5) is 4.13. The van der Waals surface area contributed by atoms with E-state index in [-0.39, 0.29) is 5.44 Å². The largest absolute Gasteiger partial charge is 0.360 e. The van der Waals surface area contributed by atoms with Gasteiger partial charge in [-0.2, -0.15) is 0 Å². The topological polar surface area (TPSA) is 21.6 Å². The molecule has 1 aliphatic heterocycles. The molecule has 0 aromatic heterocycles. The van der Waals surface area contributed by atoms with Crippen molar-refractivity contribution in [2.24, 2.45) is 4.99 Å². The summed E-state index contributed by atoms with van der Waals surface area (Å²) in [6.45, 7) is 3.31. The third-order valence-corrected chi connectivity index (χ3v) is 1.31. The molecule has 3 heteroatoms. The van der Waals surface area contributed by atoms with E-state index in [4.69, 9.17) is 4.74 Å². The smallest absolute Gasteiger partial charge is 0.120 e. The fourth-order valence-corrected chi connectivity index (χ4v) is 0.705. The van der Waals surface area contributed by atoms with Crippen LogP contribution >= 0.6 is 12.6 Å². The van der Waals surface area contributed by atoms with Gasteiger partial charge in [-0.3, -0.25) is 4.99 Å². The Morgan fingerprint density at radius 3 is 3.00 bits per heavy atom. The Kier molecular flexibility index (Phi) is 1.91. The number of hydrogen-bond acceptors (Lipinski definition) is 3. The second kappa shape index (κ2) is 2.51. The molecule has 2 nitrogen and oxygen atoms in total. The molecule has 0 aromatic carbocycles. The molecule has 1 aliphatic rings. The van der Waals surface area contributed by atoms with Gasteiger partial charge < -0.3 is 4.74 Å². The van der Waals surface area contributed by atoms with Gasteiger partial charge in [0.15, 0.2) is 0 Å². The highest BCUT2D eigenvalue weighted by Crippen LogP contribution is 2.03. The number of rotatable bonds is 0. The quantitative estimate of drug-likeness (QED) is 0.481. The summed E-state index contributed by atoms with van der Waals surface area (Å²) >= 11 is 4.07. The van der Waals surface area contributed by atoms with Crippen LogP contribution in [0.4, 0.5) is 0 Å². The van der Waals surface area contributed by atoms with Crippen molar-refractivity contribution in [3.05, 3.63) is 0 Å². The molecule has 0 aromatic rings. The first kappa shape index (κ1) is 6.11. The summed E-state index contributed by atoms with van der Waals surface area (Å²) in [6.07, 6.45) is 0. The molecule has 0 saturated heterocycles. The Labute approximate surface area is 54.4 Å². The van der Waals surface area contributed by atoms with Crippen molar-refractivity contribution in [1.82, 2.24) is 0 Å². The molecule has 0 N–H and O–H groups in total. The molecule has 1 rings (SSSR count). The first-order valence-electron chi connectivity index (χ1n) is 2.58. The molecular formula is C5H9NOS. The molecule has 1 unspecified atom stereocenters. The van der Waals surface area contributed by atoms with Crippen LogP contribution in [0.1, 0.15) is 6.92 Å². The summed E-state index contributed by atoms with van der Waals surface area (Å²) < 4.78 is 5.12. The molecule has 0 radical (unpaired) electrons. The number of aliphatic imine (C=N–C) groups is 1. The van der Waals surface area contributed by atoms with Gasteiger partial charge in [-0.1, -0.05) is 0 Å². The lowest BCUT2D eigenvalue weighted by Crippen LogP contribution is -2.21. The summed E-state index contributed by atoms with van der Waals surface area (Å²) in [5.74, 6) is 0. The molecular weight excluding hydrogens is 122 g/mol. The number of ether oxygens (including phenoxy) is 1. The van der Waals surface area contributed by atoms with Crippen molar-refractivity contribution >= 4 is 18.3 Å². The zero-order valence-electron chi connectivity index (χ0n) is 4.79. The monoisotopic (exact) mass is 131 g/mol. The van der Waals surface area contributed by atoms with Crippen molar-refractivity contribution in [3.63, 3.8) is 0 Å². The third kappa shape index (κ3) is 1.49. The zero-order valence-corrected chi connectivity index (χ0v) is 5.69. The minimum Gasteiger partial charge on any atom is -0.360 e. The van der Waals surface area contributed by atoms with E-state index in [2.05, 4.69) is 17.6 Å². The van der Waals surface area contributed by atoms with E-state index in [0.29, 0.717) is 13.2 Å². The molecule has 0 spiro atoms. The van der Waals surface area contributed by atoms with Gasteiger partial charge in [0.25, 0.3) is 0 Å². The molecule has 0 aliphatic carbocycles. The first-order valence-corrected chi connectivity index (χ1v) is 3.10. The van der Waals surface area contributed by atoms with E-state index >= 15 is 0 Å². The Hall–Kier alpha value is -0.0200. The summed E-state index contributed by atoms with van der Waals surface area (Å²) in [5, 5.41) is 0. The van der Waals surface area contributed by atoms with Crippen LogP contribution in [-0.2, 0) is 4.74 Å². The van der Waals surface area contributed by atoms with Crippen LogP contribution in [0.25, 0.3) is 0 Å². The molecule has 0 fully saturated rings. The highest BCUT2D eigenvalue weighted by Gasteiger charge is 2.07. The zero-order chi connectivity index (χ0) is 5.98. The van der Waals surface area contributed by atoms with Gasteiger partial charge in [0, 0.05) is 5.71 Å². The van der Waals surface area contributed by atoms with Gasteiger partial charge in [0.05, 0.1) is 13.2 Å². The lowest BCUT2D eigenvalue weighted by molar-refractivity contribution is 0.145. The highest BCUT2D eigenvalue weighted by atomic mass is 32.1. The SMILES string of the molecule is CC1=NCC(S)OC1. The van der Waals surface area contributed by atoms with E-state index < -0.39 is 0 Å². The Bertz CT molecular complexity index is 113. The van der Waals surface area contributed by atoms with Gasteiger partial charge in [0.1, 0.15) is 5.44 Å². The highest BCUT2D eigenvalue weighted by molar-refractivity contribution is 7.80. The van der Waals surface area contributed by atoms with Gasteiger partial charge in [-0.05, 0) is 6.92 Å². The van der Waals surface area contributed by atoms with Gasteiger partial charge in [-0.25, -0.2) is 0 Å². The summed E-state index contributed by atoms with van der Waals surface area (Å²) in [5.41, 5.74) is 1.09. The maximum Gasteiger partial charge on any atom is 0.120 e. The van der Waals surface area contributed by atoms with Crippen molar-refractivity contribution in [2.45, 2.75) is 12.4 Å². The van der Waals surface area contributed by atoms with Gasteiger partial charge in [-0.15, -0.1) is 12.6 Å². The maximum absolute atomic E-state index is 5.12. The van der Waals surface area contributed by atoms with Crippen molar-refractivity contribution < 1.29 is 4.74 Å². The van der Waals surface area contributed by atoms with Crippen molar-refractivity contribution in [2.75, 3.05) is 13.2 Å². The predicted molar refractivity (Wildman–Crippen MR) is 36.7 cm³/mol. The van der Waals surface area contributed by atoms with E-state index in [0.717, 1.165) is 5.71 Å². The van der Waals surface area contributed by atoms with Crippen LogP contribution in [0.15, 0.2) is 4.99 Å². The van der Waals surface area contributed by atoms with E-state index in [9.17, 15) is 0 Å². The molecule has 46 valence electrons. The fraction of sp³-hybridized carbons (Fsp3) is 0.800. The molecule has 0 amide bonds. The Morgan fingerprint density at radius 2 is 2.62 bits per heavy atom. The van der Waals surface area contributed by atoms with E-state index in [1.54, 1.807) is 0 Å². The van der Waals surface area contributed by atoms with Crippen molar-refractivity contribution in [3.8, 4) is 0 Å². The van der Waals surface area contributed by atoms with Crippen LogP contribution < -0.4 is 0 Å². The van der Waals surface area contributed by atoms with Crippen LogP contribution in [0.2, 0.25) is 0 Å². The lowest BCUT2D eigenvalue weighted by atomic mass is 10.4. The van der Waals surface area contributed by atoms with Crippen LogP contribution in [-0.4, -0.2) is 24.3 Å².